The molecule has 0 N–H and O–H groups in total. The number of rotatable bonds is 3. The van der Waals surface area contributed by atoms with Crippen molar-refractivity contribution in [2.75, 3.05) is 18.8 Å². The molecule has 1 aliphatic carbocycles. The van der Waals surface area contributed by atoms with Gasteiger partial charge in [0.25, 0.3) is 0 Å². The van der Waals surface area contributed by atoms with Gasteiger partial charge in [-0.25, -0.2) is 4.98 Å². The van der Waals surface area contributed by atoms with E-state index in [9.17, 15) is 4.79 Å². The SMILES string of the molecule is O=C(CSc1ccc2ccccc2n1)N1CC[C@@H]2CCCC[C@H]2C1. The normalized spacial score (nSPS) is 23.9. The van der Waals surface area contributed by atoms with Crippen molar-refractivity contribution < 1.29 is 4.79 Å². The minimum Gasteiger partial charge on any atom is -0.342 e. The minimum atomic E-state index is 0.277. The number of para-hydroxylation sites is 1. The van der Waals surface area contributed by atoms with E-state index in [0.717, 1.165) is 40.9 Å². The molecule has 3 nitrogen and oxygen atoms in total. The van der Waals surface area contributed by atoms with Crippen LogP contribution in [0.15, 0.2) is 41.4 Å². The molecule has 2 aliphatic rings. The van der Waals surface area contributed by atoms with Crippen molar-refractivity contribution in [3.63, 3.8) is 0 Å². The minimum absolute atomic E-state index is 0.277. The number of hydrogen-bond donors (Lipinski definition) is 0. The summed E-state index contributed by atoms with van der Waals surface area (Å²) in [6, 6.07) is 12.2. The highest BCUT2D eigenvalue weighted by molar-refractivity contribution is 7.99. The lowest BCUT2D eigenvalue weighted by Gasteiger charge is -2.41. The maximum absolute atomic E-state index is 12.6. The second-order valence-corrected chi connectivity index (χ2v) is 8.06. The Bertz CT molecular complexity index is 732. The van der Waals surface area contributed by atoms with Crippen molar-refractivity contribution in [1.82, 2.24) is 9.88 Å². The summed E-state index contributed by atoms with van der Waals surface area (Å²) >= 11 is 1.56. The zero-order valence-electron chi connectivity index (χ0n) is 14.0. The van der Waals surface area contributed by atoms with E-state index in [-0.39, 0.29) is 5.91 Å². The Kier molecular flexibility index (Phi) is 4.74. The van der Waals surface area contributed by atoms with Crippen LogP contribution in [0.25, 0.3) is 10.9 Å². The molecular weight excluding hydrogens is 316 g/mol. The molecule has 2 aromatic rings. The van der Waals surface area contributed by atoms with Gasteiger partial charge in [0, 0.05) is 18.5 Å². The first-order valence-corrected chi connectivity index (χ1v) is 10.0. The molecule has 1 saturated heterocycles. The number of aromatic nitrogens is 1. The average molecular weight is 340 g/mol. The topological polar surface area (TPSA) is 33.2 Å². The standard InChI is InChI=1S/C20H24N2OS/c23-20(22-12-11-15-5-1-2-7-17(15)13-22)14-24-19-10-9-16-6-3-4-8-18(16)21-19/h3-4,6,8-10,15,17H,1-2,5,7,11-14H2/t15-,17-/m0/s1. The molecule has 0 radical (unpaired) electrons. The smallest absolute Gasteiger partial charge is 0.232 e. The van der Waals surface area contributed by atoms with Gasteiger partial charge in [0.1, 0.15) is 0 Å². The molecule has 24 heavy (non-hydrogen) atoms. The molecule has 0 spiro atoms. The van der Waals surface area contributed by atoms with Crippen molar-refractivity contribution in [2.45, 2.75) is 37.1 Å². The molecule has 2 fully saturated rings. The zero-order valence-corrected chi connectivity index (χ0v) is 14.8. The molecule has 1 aliphatic heterocycles. The highest BCUT2D eigenvalue weighted by Gasteiger charge is 2.32. The van der Waals surface area contributed by atoms with Crippen LogP contribution in [0.2, 0.25) is 0 Å². The Balaban J connectivity index is 1.35. The summed E-state index contributed by atoms with van der Waals surface area (Å²) in [5.41, 5.74) is 0.998. The van der Waals surface area contributed by atoms with Crippen LogP contribution in [0.1, 0.15) is 32.1 Å². The first-order chi connectivity index (χ1) is 11.8. The van der Waals surface area contributed by atoms with E-state index >= 15 is 0 Å². The van der Waals surface area contributed by atoms with Crippen molar-refractivity contribution in [2.24, 2.45) is 11.8 Å². The van der Waals surface area contributed by atoms with Gasteiger partial charge in [-0.3, -0.25) is 4.79 Å². The summed E-state index contributed by atoms with van der Waals surface area (Å²) in [4.78, 5) is 19.3. The molecule has 2 heterocycles. The largest absolute Gasteiger partial charge is 0.342 e. The number of carbonyl (C=O) groups excluding carboxylic acids is 1. The molecule has 1 aromatic heterocycles. The van der Waals surface area contributed by atoms with Crippen LogP contribution < -0.4 is 0 Å². The Morgan fingerprint density at radius 3 is 2.83 bits per heavy atom. The molecule has 126 valence electrons. The lowest BCUT2D eigenvalue weighted by atomic mass is 9.75. The molecule has 4 rings (SSSR count). The molecule has 1 saturated carbocycles. The third kappa shape index (κ3) is 3.44. The summed E-state index contributed by atoms with van der Waals surface area (Å²) < 4.78 is 0. The molecule has 0 bridgehead atoms. The number of likely N-dealkylation sites (tertiary alicyclic amines) is 1. The second kappa shape index (κ2) is 7.14. The first-order valence-electron chi connectivity index (χ1n) is 9.06. The van der Waals surface area contributed by atoms with Crippen LogP contribution in [-0.2, 0) is 4.79 Å². The van der Waals surface area contributed by atoms with Crippen LogP contribution >= 0.6 is 11.8 Å². The number of piperidine rings is 1. The van der Waals surface area contributed by atoms with E-state index in [1.54, 1.807) is 11.8 Å². The van der Waals surface area contributed by atoms with E-state index in [1.807, 2.05) is 24.3 Å². The van der Waals surface area contributed by atoms with Crippen molar-refractivity contribution in [3.05, 3.63) is 36.4 Å². The van der Waals surface area contributed by atoms with Crippen molar-refractivity contribution in [3.8, 4) is 0 Å². The number of fused-ring (bicyclic) bond motifs is 2. The van der Waals surface area contributed by atoms with E-state index in [0.29, 0.717) is 5.75 Å². The molecule has 2 atom stereocenters. The van der Waals surface area contributed by atoms with Crippen LogP contribution in [0.3, 0.4) is 0 Å². The Labute approximate surface area is 147 Å². The second-order valence-electron chi connectivity index (χ2n) is 7.06. The highest BCUT2D eigenvalue weighted by Crippen LogP contribution is 2.36. The van der Waals surface area contributed by atoms with Gasteiger partial charge in [0.2, 0.25) is 5.91 Å². The lowest BCUT2D eigenvalue weighted by molar-refractivity contribution is -0.131. The first kappa shape index (κ1) is 15.9. The van der Waals surface area contributed by atoms with Gasteiger partial charge in [0.15, 0.2) is 0 Å². The van der Waals surface area contributed by atoms with E-state index in [2.05, 4.69) is 22.0 Å². The zero-order chi connectivity index (χ0) is 16.4. The number of benzene rings is 1. The van der Waals surface area contributed by atoms with Crippen LogP contribution in [0.5, 0.6) is 0 Å². The Hall–Kier alpha value is -1.55. The van der Waals surface area contributed by atoms with Gasteiger partial charge in [-0.15, -0.1) is 0 Å². The van der Waals surface area contributed by atoms with E-state index < -0.39 is 0 Å². The Morgan fingerprint density at radius 1 is 1.08 bits per heavy atom. The third-order valence-corrected chi connectivity index (χ3v) is 6.47. The number of thioether (sulfide) groups is 1. The monoisotopic (exact) mass is 340 g/mol. The summed E-state index contributed by atoms with van der Waals surface area (Å²) in [6.07, 6.45) is 6.63. The van der Waals surface area contributed by atoms with Gasteiger partial charge < -0.3 is 4.90 Å². The van der Waals surface area contributed by atoms with Crippen molar-refractivity contribution >= 4 is 28.6 Å². The van der Waals surface area contributed by atoms with Crippen LogP contribution in [-0.4, -0.2) is 34.6 Å². The quantitative estimate of drug-likeness (QED) is 0.778. The van der Waals surface area contributed by atoms with Crippen molar-refractivity contribution in [1.29, 1.82) is 0 Å². The Morgan fingerprint density at radius 2 is 1.92 bits per heavy atom. The summed E-state index contributed by atoms with van der Waals surface area (Å²) in [6.45, 7) is 1.93. The van der Waals surface area contributed by atoms with Gasteiger partial charge in [0.05, 0.1) is 16.3 Å². The number of carbonyl (C=O) groups is 1. The van der Waals surface area contributed by atoms with Gasteiger partial charge in [-0.1, -0.05) is 55.3 Å². The molecule has 4 heteroatoms. The molecular formula is C20H24N2OS. The maximum Gasteiger partial charge on any atom is 0.232 e. The van der Waals surface area contributed by atoms with Gasteiger partial charge >= 0.3 is 0 Å². The fourth-order valence-corrected chi connectivity index (χ4v) is 4.96. The van der Waals surface area contributed by atoms with Crippen LogP contribution in [0.4, 0.5) is 0 Å². The fourth-order valence-electron chi connectivity index (χ4n) is 4.18. The maximum atomic E-state index is 12.6. The fraction of sp³-hybridized carbons (Fsp3) is 0.500. The predicted octanol–water partition coefficient (Wildman–Crippen LogP) is 4.37. The predicted molar refractivity (Wildman–Crippen MR) is 99.1 cm³/mol. The van der Waals surface area contributed by atoms with Gasteiger partial charge in [-0.05, 0) is 36.8 Å². The number of pyridine rings is 1. The molecule has 1 amide bonds. The van der Waals surface area contributed by atoms with E-state index in [4.69, 9.17) is 0 Å². The number of hydrogen-bond acceptors (Lipinski definition) is 3. The average Bonchev–Trinajstić information content (AvgIpc) is 2.65. The number of nitrogens with zero attached hydrogens (tertiary/aromatic N) is 2. The number of amides is 1. The third-order valence-electron chi connectivity index (χ3n) is 5.56. The van der Waals surface area contributed by atoms with Crippen LogP contribution in [0, 0.1) is 11.8 Å². The summed E-state index contributed by atoms with van der Waals surface area (Å²) in [7, 11) is 0. The highest BCUT2D eigenvalue weighted by atomic mass is 32.2. The van der Waals surface area contributed by atoms with Gasteiger partial charge in [-0.2, -0.15) is 0 Å². The summed E-state index contributed by atoms with van der Waals surface area (Å²) in [5.74, 6) is 2.40. The molecule has 1 aromatic carbocycles. The summed E-state index contributed by atoms with van der Waals surface area (Å²) in [5, 5.41) is 2.09. The molecule has 0 unspecified atom stereocenters. The van der Waals surface area contributed by atoms with E-state index in [1.165, 1.54) is 32.1 Å². The lowest BCUT2D eigenvalue weighted by Crippen LogP contribution is -2.45.